The molecule has 0 atom stereocenters. The van der Waals surface area contributed by atoms with Gasteiger partial charge in [-0.2, -0.15) is 0 Å². The van der Waals surface area contributed by atoms with Gasteiger partial charge >= 0.3 is 5.97 Å². The summed E-state index contributed by atoms with van der Waals surface area (Å²) >= 11 is 0.841. The first kappa shape index (κ1) is 20.9. The lowest BCUT2D eigenvalue weighted by molar-refractivity contribution is -0.149. The highest BCUT2D eigenvalue weighted by Gasteiger charge is 2.37. The van der Waals surface area contributed by atoms with E-state index >= 15 is 0 Å². The molecule has 1 aliphatic heterocycles. The highest BCUT2D eigenvalue weighted by Crippen LogP contribution is 2.33. The number of aryl methyl sites for hydroxylation is 2. The number of nitrogens with zero attached hydrogens (tertiary/aromatic N) is 2. The summed E-state index contributed by atoms with van der Waals surface area (Å²) in [6.45, 7) is 9.08. The van der Waals surface area contributed by atoms with Crippen LogP contribution in [0, 0.1) is 20.8 Å². The summed E-state index contributed by atoms with van der Waals surface area (Å²) in [5.41, 5.74) is 5.07. The Bertz CT molecular complexity index is 1000. The number of thioether (sulfide) groups is 1. The first-order valence-corrected chi connectivity index (χ1v) is 10.2. The van der Waals surface area contributed by atoms with Crippen LogP contribution in [0.1, 0.15) is 36.4 Å². The van der Waals surface area contributed by atoms with Gasteiger partial charge in [0.05, 0.1) is 11.0 Å². The SMILES string of the molecule is Cc1ccc(-n2c(C)cc(/C=C3\SC(=O)N(CC(=O)OC(C)C)C3=O)c2C)cc1. The Kier molecular flexibility index (Phi) is 5.98. The molecule has 0 bridgehead atoms. The smallest absolute Gasteiger partial charge is 0.326 e. The summed E-state index contributed by atoms with van der Waals surface area (Å²) in [6.07, 6.45) is 1.41. The predicted molar refractivity (Wildman–Crippen MR) is 114 cm³/mol. The van der Waals surface area contributed by atoms with Gasteiger partial charge in [0.1, 0.15) is 6.54 Å². The highest BCUT2D eigenvalue weighted by molar-refractivity contribution is 8.18. The number of ether oxygens (including phenoxy) is 1. The topological polar surface area (TPSA) is 68.6 Å². The van der Waals surface area contributed by atoms with Crippen LogP contribution in [0.5, 0.6) is 0 Å². The van der Waals surface area contributed by atoms with Crippen LogP contribution < -0.4 is 0 Å². The van der Waals surface area contributed by atoms with Crippen molar-refractivity contribution in [1.82, 2.24) is 9.47 Å². The molecule has 0 saturated carbocycles. The molecular weight excluding hydrogens is 388 g/mol. The molecule has 0 radical (unpaired) electrons. The van der Waals surface area contributed by atoms with E-state index in [0.29, 0.717) is 4.91 Å². The van der Waals surface area contributed by atoms with Crippen LogP contribution in [0.4, 0.5) is 4.79 Å². The van der Waals surface area contributed by atoms with Crippen LogP contribution in [0.15, 0.2) is 35.2 Å². The molecule has 3 rings (SSSR count). The Labute approximate surface area is 174 Å². The maximum Gasteiger partial charge on any atom is 0.326 e. The highest BCUT2D eigenvalue weighted by atomic mass is 32.2. The van der Waals surface area contributed by atoms with Gasteiger partial charge < -0.3 is 9.30 Å². The van der Waals surface area contributed by atoms with Crippen molar-refractivity contribution < 1.29 is 19.1 Å². The van der Waals surface area contributed by atoms with E-state index in [-0.39, 0.29) is 12.6 Å². The second-order valence-corrected chi connectivity index (χ2v) is 8.30. The monoisotopic (exact) mass is 412 g/mol. The van der Waals surface area contributed by atoms with E-state index in [2.05, 4.69) is 16.7 Å². The van der Waals surface area contributed by atoms with Gasteiger partial charge in [-0.1, -0.05) is 17.7 Å². The molecular formula is C22H24N2O4S. The van der Waals surface area contributed by atoms with E-state index in [1.165, 1.54) is 5.56 Å². The first-order valence-electron chi connectivity index (χ1n) is 9.38. The average molecular weight is 413 g/mol. The van der Waals surface area contributed by atoms with E-state index < -0.39 is 17.1 Å². The summed E-state index contributed by atoms with van der Waals surface area (Å²) < 4.78 is 7.15. The van der Waals surface area contributed by atoms with Crippen molar-refractivity contribution in [3.05, 3.63) is 57.8 Å². The minimum atomic E-state index is -0.596. The summed E-state index contributed by atoms with van der Waals surface area (Å²) in [5, 5.41) is -0.464. The van der Waals surface area contributed by atoms with E-state index in [0.717, 1.165) is 39.3 Å². The number of esters is 1. The van der Waals surface area contributed by atoms with Gasteiger partial charge in [0.2, 0.25) is 0 Å². The fourth-order valence-corrected chi connectivity index (χ4v) is 4.06. The van der Waals surface area contributed by atoms with E-state index in [4.69, 9.17) is 4.74 Å². The zero-order valence-electron chi connectivity index (χ0n) is 17.2. The molecule has 2 amide bonds. The molecule has 2 heterocycles. The van der Waals surface area contributed by atoms with Gasteiger partial charge in [0.15, 0.2) is 0 Å². The number of amides is 2. The van der Waals surface area contributed by atoms with Crippen molar-refractivity contribution in [2.24, 2.45) is 0 Å². The van der Waals surface area contributed by atoms with Crippen molar-refractivity contribution >= 4 is 35.0 Å². The van der Waals surface area contributed by atoms with Gasteiger partial charge in [0, 0.05) is 17.1 Å². The standard InChI is InChI=1S/C22H24N2O4S/c1-13(2)28-20(25)12-23-21(26)19(29-22(23)27)11-17-10-15(4)24(16(17)5)18-8-6-14(3)7-9-18/h6-11,13H,12H2,1-5H3/b19-11-. The Balaban J connectivity index is 1.86. The van der Waals surface area contributed by atoms with E-state index in [9.17, 15) is 14.4 Å². The minimum absolute atomic E-state index is 0.301. The molecule has 29 heavy (non-hydrogen) atoms. The number of hydrogen-bond acceptors (Lipinski definition) is 5. The number of carbonyl (C=O) groups is 3. The van der Waals surface area contributed by atoms with Gasteiger partial charge in [-0.15, -0.1) is 0 Å². The van der Waals surface area contributed by atoms with Gasteiger partial charge in [-0.25, -0.2) is 0 Å². The summed E-state index contributed by atoms with van der Waals surface area (Å²) in [4.78, 5) is 38.0. The lowest BCUT2D eigenvalue weighted by atomic mass is 10.2. The fraction of sp³-hybridized carbons (Fsp3) is 0.318. The molecule has 1 aromatic carbocycles. The predicted octanol–water partition coefficient (Wildman–Crippen LogP) is 4.39. The first-order chi connectivity index (χ1) is 13.7. The molecule has 1 saturated heterocycles. The Morgan fingerprint density at radius 1 is 1.14 bits per heavy atom. The van der Waals surface area contributed by atoms with Gasteiger partial charge in [-0.3, -0.25) is 19.3 Å². The number of hydrogen-bond donors (Lipinski definition) is 0. The zero-order chi connectivity index (χ0) is 21.3. The average Bonchev–Trinajstić information content (AvgIpc) is 3.05. The second-order valence-electron chi connectivity index (χ2n) is 7.30. The number of rotatable bonds is 5. The van der Waals surface area contributed by atoms with Crippen LogP contribution in [-0.2, 0) is 14.3 Å². The van der Waals surface area contributed by atoms with Crippen molar-refractivity contribution in [1.29, 1.82) is 0 Å². The normalized spacial score (nSPS) is 15.7. The molecule has 0 aliphatic carbocycles. The van der Waals surface area contributed by atoms with Crippen LogP contribution in [0.25, 0.3) is 11.8 Å². The molecule has 2 aromatic rings. The van der Waals surface area contributed by atoms with Crippen LogP contribution >= 0.6 is 11.8 Å². The molecule has 152 valence electrons. The number of benzene rings is 1. The maximum atomic E-state index is 12.7. The van der Waals surface area contributed by atoms with Crippen LogP contribution in [-0.4, -0.2) is 39.2 Å². The largest absolute Gasteiger partial charge is 0.462 e. The Morgan fingerprint density at radius 2 is 1.79 bits per heavy atom. The lowest BCUT2D eigenvalue weighted by Crippen LogP contribution is -2.35. The molecule has 1 fully saturated rings. The summed E-state index contributed by atoms with van der Waals surface area (Å²) in [6, 6.07) is 10.2. The lowest BCUT2D eigenvalue weighted by Gasteiger charge is -2.13. The number of aromatic nitrogens is 1. The van der Waals surface area contributed by atoms with Gasteiger partial charge in [-0.05, 0) is 76.2 Å². The molecule has 0 unspecified atom stereocenters. The quantitative estimate of drug-likeness (QED) is 0.538. The van der Waals surface area contributed by atoms with Crippen LogP contribution in [0.3, 0.4) is 0 Å². The second kappa shape index (κ2) is 8.29. The molecule has 0 N–H and O–H groups in total. The van der Waals surface area contributed by atoms with Crippen molar-refractivity contribution in [3.8, 4) is 5.69 Å². The summed E-state index contributed by atoms with van der Waals surface area (Å²) in [7, 11) is 0. The third-order valence-corrected chi connectivity index (χ3v) is 5.48. The molecule has 7 heteroatoms. The van der Waals surface area contributed by atoms with Crippen molar-refractivity contribution in [2.45, 2.75) is 40.7 Å². The fourth-order valence-electron chi connectivity index (χ4n) is 3.23. The van der Waals surface area contributed by atoms with Crippen molar-refractivity contribution in [3.63, 3.8) is 0 Å². The number of imide groups is 1. The molecule has 0 spiro atoms. The Hall–Kier alpha value is -2.80. The van der Waals surface area contributed by atoms with E-state index in [1.54, 1.807) is 19.9 Å². The minimum Gasteiger partial charge on any atom is -0.462 e. The molecule has 6 nitrogen and oxygen atoms in total. The summed E-state index contributed by atoms with van der Waals surface area (Å²) in [5.74, 6) is -1.07. The van der Waals surface area contributed by atoms with E-state index in [1.807, 2.05) is 39.0 Å². The van der Waals surface area contributed by atoms with Crippen LogP contribution in [0.2, 0.25) is 0 Å². The molecule has 1 aliphatic rings. The molecule has 1 aromatic heterocycles. The zero-order valence-corrected chi connectivity index (χ0v) is 18.0. The number of carbonyl (C=O) groups excluding carboxylic acids is 3. The Morgan fingerprint density at radius 3 is 2.41 bits per heavy atom. The maximum absolute atomic E-state index is 12.7. The van der Waals surface area contributed by atoms with Gasteiger partial charge in [0.25, 0.3) is 11.1 Å². The third-order valence-electron chi connectivity index (χ3n) is 4.58. The third kappa shape index (κ3) is 4.45. The van der Waals surface area contributed by atoms with Crippen molar-refractivity contribution in [2.75, 3.05) is 6.54 Å².